The van der Waals surface area contributed by atoms with Gasteiger partial charge in [-0.2, -0.15) is 0 Å². The molecule has 0 bridgehead atoms. The smallest absolute Gasteiger partial charge is 0.251 e. The molecule has 0 radical (unpaired) electrons. The number of hydrogen-bond donors (Lipinski definition) is 3. The summed E-state index contributed by atoms with van der Waals surface area (Å²) in [5.41, 5.74) is 7.08. The Hall–Kier alpha value is -1.47. The van der Waals surface area contributed by atoms with E-state index < -0.39 is 5.91 Å². The average molecular weight is 311 g/mol. The van der Waals surface area contributed by atoms with Crippen LogP contribution in [0, 0.1) is 0 Å². The van der Waals surface area contributed by atoms with E-state index in [4.69, 9.17) is 18.0 Å². The Bertz CT molecular complexity index is 566. The lowest BCUT2D eigenvalue weighted by atomic mass is 10.1. The number of thiocarbonyl (C=S) groups is 1. The Labute approximate surface area is 126 Å². The molecular formula is C13H17N3O2S2. The molecular weight excluding hydrogens is 294 g/mol. The first-order valence-electron chi connectivity index (χ1n) is 6.52. The molecule has 0 spiro atoms. The van der Waals surface area contributed by atoms with Crippen LogP contribution < -0.4 is 16.4 Å². The molecule has 2 rings (SSSR count). The highest BCUT2D eigenvalue weighted by Gasteiger charge is 2.23. The fourth-order valence-corrected chi connectivity index (χ4v) is 4.00. The van der Waals surface area contributed by atoms with Crippen molar-refractivity contribution in [3.63, 3.8) is 0 Å². The van der Waals surface area contributed by atoms with Crippen molar-refractivity contribution in [2.24, 2.45) is 5.73 Å². The first-order valence-corrected chi connectivity index (χ1v) is 7.74. The zero-order valence-electron chi connectivity index (χ0n) is 11.2. The van der Waals surface area contributed by atoms with Crippen molar-refractivity contribution in [2.75, 3.05) is 5.32 Å². The zero-order valence-corrected chi connectivity index (χ0v) is 12.9. The van der Waals surface area contributed by atoms with Crippen molar-refractivity contribution < 1.29 is 9.59 Å². The van der Waals surface area contributed by atoms with Gasteiger partial charge in [0.05, 0.1) is 5.56 Å². The summed E-state index contributed by atoms with van der Waals surface area (Å²) in [6, 6.07) is 0. The number of rotatable bonds is 2. The van der Waals surface area contributed by atoms with Crippen LogP contribution in [0.4, 0.5) is 5.00 Å². The normalized spacial score (nSPS) is 14.1. The minimum atomic E-state index is -0.447. The number of nitrogens with one attached hydrogen (secondary N) is 2. The monoisotopic (exact) mass is 311 g/mol. The molecule has 4 N–H and O–H groups in total. The molecule has 0 saturated carbocycles. The lowest BCUT2D eigenvalue weighted by Gasteiger charge is -2.08. The van der Waals surface area contributed by atoms with E-state index in [1.54, 1.807) is 0 Å². The second kappa shape index (κ2) is 6.32. The van der Waals surface area contributed by atoms with Crippen molar-refractivity contribution >= 4 is 45.5 Å². The van der Waals surface area contributed by atoms with E-state index in [1.165, 1.54) is 29.6 Å². The molecule has 1 aliphatic rings. The summed E-state index contributed by atoms with van der Waals surface area (Å²) >= 11 is 6.55. The molecule has 20 heavy (non-hydrogen) atoms. The summed E-state index contributed by atoms with van der Waals surface area (Å²) in [4.78, 5) is 23.9. The minimum Gasteiger partial charge on any atom is -0.365 e. The Morgan fingerprint density at radius 2 is 1.95 bits per heavy atom. The van der Waals surface area contributed by atoms with Crippen LogP contribution >= 0.6 is 23.6 Å². The Morgan fingerprint density at radius 3 is 2.60 bits per heavy atom. The highest BCUT2D eigenvalue weighted by Crippen LogP contribution is 2.37. The summed E-state index contributed by atoms with van der Waals surface area (Å²) in [5.74, 6) is -0.696. The van der Waals surface area contributed by atoms with Crippen molar-refractivity contribution in [1.29, 1.82) is 0 Å². The standard InChI is InChI=1S/C13H17N3O2S2/c1-7(17)15-13(19)16-12-10(11(14)18)8-5-3-2-4-6-9(8)20-12/h2-6H2,1H3,(H2,14,18)(H2,15,16,17,19). The fourth-order valence-electron chi connectivity index (χ4n) is 2.39. The summed E-state index contributed by atoms with van der Waals surface area (Å²) in [6.07, 6.45) is 5.21. The first-order chi connectivity index (χ1) is 9.49. The van der Waals surface area contributed by atoms with E-state index >= 15 is 0 Å². The largest absolute Gasteiger partial charge is 0.365 e. The number of amides is 2. The van der Waals surface area contributed by atoms with Crippen molar-refractivity contribution in [3.8, 4) is 0 Å². The van der Waals surface area contributed by atoms with Crippen LogP contribution in [0.1, 0.15) is 47.0 Å². The quantitative estimate of drug-likeness (QED) is 0.576. The van der Waals surface area contributed by atoms with Gasteiger partial charge in [-0.25, -0.2) is 0 Å². The van der Waals surface area contributed by atoms with Crippen LogP contribution in [0.25, 0.3) is 0 Å². The van der Waals surface area contributed by atoms with Crippen LogP contribution in [-0.2, 0) is 17.6 Å². The second-order valence-electron chi connectivity index (χ2n) is 4.77. The van der Waals surface area contributed by atoms with Gasteiger partial charge >= 0.3 is 0 Å². The van der Waals surface area contributed by atoms with Gasteiger partial charge in [0, 0.05) is 11.8 Å². The Kier molecular flexibility index (Phi) is 4.72. The van der Waals surface area contributed by atoms with Gasteiger partial charge in [0.15, 0.2) is 5.11 Å². The van der Waals surface area contributed by atoms with Crippen LogP contribution in [0.15, 0.2) is 0 Å². The topological polar surface area (TPSA) is 84.2 Å². The number of carbonyl (C=O) groups is 2. The first kappa shape index (κ1) is 14.9. The number of primary amides is 1. The molecule has 5 nitrogen and oxygen atoms in total. The van der Waals surface area contributed by atoms with Crippen molar-refractivity contribution in [2.45, 2.75) is 39.0 Å². The summed E-state index contributed by atoms with van der Waals surface area (Å²) in [7, 11) is 0. The number of carbonyl (C=O) groups excluding carboxylic acids is 2. The average Bonchev–Trinajstić information content (AvgIpc) is 2.51. The minimum absolute atomic E-state index is 0.191. The SMILES string of the molecule is CC(=O)NC(=S)Nc1sc2c(c1C(N)=O)CCCCC2. The summed E-state index contributed by atoms with van der Waals surface area (Å²) in [5, 5.41) is 6.24. The van der Waals surface area contributed by atoms with E-state index in [2.05, 4.69) is 10.6 Å². The van der Waals surface area contributed by atoms with E-state index in [9.17, 15) is 9.59 Å². The van der Waals surface area contributed by atoms with Crippen LogP contribution in [0.2, 0.25) is 0 Å². The number of thiophene rings is 1. The third-order valence-electron chi connectivity index (χ3n) is 3.18. The third kappa shape index (κ3) is 3.34. The van der Waals surface area contributed by atoms with Gasteiger partial charge in [0.1, 0.15) is 5.00 Å². The molecule has 0 saturated heterocycles. The van der Waals surface area contributed by atoms with Gasteiger partial charge in [-0.1, -0.05) is 6.42 Å². The Morgan fingerprint density at radius 1 is 1.25 bits per heavy atom. The fraction of sp³-hybridized carbons (Fsp3) is 0.462. The lowest BCUT2D eigenvalue weighted by Crippen LogP contribution is -2.32. The third-order valence-corrected chi connectivity index (χ3v) is 4.60. The number of fused-ring (bicyclic) bond motifs is 1. The van der Waals surface area contributed by atoms with Crippen LogP contribution in [0.3, 0.4) is 0 Å². The van der Waals surface area contributed by atoms with E-state index in [-0.39, 0.29) is 11.0 Å². The number of anilines is 1. The molecule has 1 heterocycles. The van der Waals surface area contributed by atoms with E-state index in [0.29, 0.717) is 10.6 Å². The Balaban J connectivity index is 2.31. The molecule has 108 valence electrons. The predicted octanol–water partition coefficient (Wildman–Crippen LogP) is 1.95. The van der Waals surface area contributed by atoms with Gasteiger partial charge in [-0.15, -0.1) is 11.3 Å². The van der Waals surface area contributed by atoms with Gasteiger partial charge in [0.2, 0.25) is 5.91 Å². The maximum absolute atomic E-state index is 11.7. The molecule has 0 aromatic carbocycles. The van der Waals surface area contributed by atoms with Crippen LogP contribution in [-0.4, -0.2) is 16.9 Å². The molecule has 1 aromatic heterocycles. The second-order valence-corrected chi connectivity index (χ2v) is 6.28. The van der Waals surface area contributed by atoms with Crippen LogP contribution in [0.5, 0.6) is 0 Å². The molecule has 0 atom stereocenters. The maximum atomic E-state index is 11.7. The summed E-state index contributed by atoms with van der Waals surface area (Å²) < 4.78 is 0. The number of nitrogens with two attached hydrogens (primary N) is 1. The van der Waals surface area contributed by atoms with Crippen molar-refractivity contribution in [1.82, 2.24) is 5.32 Å². The highest BCUT2D eigenvalue weighted by molar-refractivity contribution is 7.80. The zero-order chi connectivity index (χ0) is 14.7. The maximum Gasteiger partial charge on any atom is 0.251 e. The van der Waals surface area contributed by atoms with Gasteiger partial charge in [0.25, 0.3) is 5.91 Å². The van der Waals surface area contributed by atoms with E-state index in [0.717, 1.165) is 31.2 Å². The van der Waals surface area contributed by atoms with Crippen molar-refractivity contribution in [3.05, 3.63) is 16.0 Å². The number of aryl methyl sites for hydroxylation is 1. The van der Waals surface area contributed by atoms with Gasteiger partial charge in [-0.3, -0.25) is 9.59 Å². The molecule has 0 fully saturated rings. The van der Waals surface area contributed by atoms with E-state index in [1.807, 2.05) is 0 Å². The molecule has 0 unspecified atom stereocenters. The number of hydrogen-bond acceptors (Lipinski definition) is 4. The highest BCUT2D eigenvalue weighted by atomic mass is 32.1. The van der Waals surface area contributed by atoms with Gasteiger partial charge < -0.3 is 16.4 Å². The van der Waals surface area contributed by atoms with Gasteiger partial charge in [-0.05, 0) is 43.5 Å². The molecule has 1 aromatic rings. The molecule has 0 aliphatic heterocycles. The molecule has 2 amide bonds. The molecule has 7 heteroatoms. The summed E-state index contributed by atoms with van der Waals surface area (Å²) in [6.45, 7) is 1.38. The predicted molar refractivity (Wildman–Crippen MR) is 84.1 cm³/mol. The lowest BCUT2D eigenvalue weighted by molar-refractivity contribution is -0.117. The molecule has 1 aliphatic carbocycles.